The number of nitrogens with zero attached hydrogens (tertiary/aromatic N) is 4. The van der Waals surface area contributed by atoms with Crippen molar-refractivity contribution in [1.82, 2.24) is 24.8 Å². The van der Waals surface area contributed by atoms with E-state index in [9.17, 15) is 4.79 Å². The monoisotopic (exact) mass is 447 g/mol. The summed E-state index contributed by atoms with van der Waals surface area (Å²) >= 11 is 0. The molecule has 0 saturated carbocycles. The molecule has 3 heterocycles. The van der Waals surface area contributed by atoms with E-state index in [-0.39, 0.29) is 5.91 Å². The van der Waals surface area contributed by atoms with Crippen molar-refractivity contribution in [3.63, 3.8) is 0 Å². The quantitative estimate of drug-likeness (QED) is 0.395. The molecule has 0 atom stereocenters. The van der Waals surface area contributed by atoms with Crippen LogP contribution in [0.15, 0.2) is 79.4 Å². The molecule has 3 aromatic heterocycles. The van der Waals surface area contributed by atoms with Crippen LogP contribution >= 0.6 is 0 Å². The summed E-state index contributed by atoms with van der Waals surface area (Å²) in [6.45, 7) is 6.27. The molecule has 0 radical (unpaired) electrons. The molecular weight excluding hydrogens is 422 g/mol. The van der Waals surface area contributed by atoms with E-state index in [4.69, 9.17) is 0 Å². The van der Waals surface area contributed by atoms with Crippen molar-refractivity contribution in [3.05, 3.63) is 107 Å². The molecule has 5 rings (SSSR count). The van der Waals surface area contributed by atoms with Gasteiger partial charge in [-0.15, -0.1) is 0 Å². The molecule has 0 bridgehead atoms. The zero-order valence-electron chi connectivity index (χ0n) is 19.4. The fourth-order valence-electron chi connectivity index (χ4n) is 3.93. The highest BCUT2D eigenvalue weighted by atomic mass is 16.1. The third-order valence-corrected chi connectivity index (χ3v) is 5.83. The van der Waals surface area contributed by atoms with Gasteiger partial charge in [0.05, 0.1) is 35.3 Å². The van der Waals surface area contributed by atoms with Gasteiger partial charge in [-0.2, -0.15) is 0 Å². The van der Waals surface area contributed by atoms with Gasteiger partial charge < -0.3 is 9.88 Å². The number of nitrogens with one attached hydrogen (secondary N) is 1. The fourth-order valence-corrected chi connectivity index (χ4v) is 3.93. The van der Waals surface area contributed by atoms with Crippen molar-refractivity contribution >= 4 is 16.8 Å². The van der Waals surface area contributed by atoms with Gasteiger partial charge in [-0.25, -0.2) is 0 Å². The van der Waals surface area contributed by atoms with Gasteiger partial charge in [0.25, 0.3) is 5.91 Å². The van der Waals surface area contributed by atoms with Gasteiger partial charge in [-0.3, -0.25) is 19.7 Å². The molecular formula is C28H25N5O. The van der Waals surface area contributed by atoms with Crippen LogP contribution in [0.3, 0.4) is 0 Å². The first-order valence-corrected chi connectivity index (χ1v) is 11.2. The van der Waals surface area contributed by atoms with Crippen molar-refractivity contribution in [2.75, 3.05) is 0 Å². The average molecular weight is 448 g/mol. The number of carbonyl (C=O) groups excluding carboxylic acids is 1. The fraction of sp³-hybridized carbons (Fsp3) is 0.143. The van der Waals surface area contributed by atoms with Crippen molar-refractivity contribution in [2.45, 2.75) is 27.3 Å². The van der Waals surface area contributed by atoms with Gasteiger partial charge in [-0.05, 0) is 62.7 Å². The van der Waals surface area contributed by atoms with Crippen molar-refractivity contribution in [3.8, 4) is 16.9 Å². The van der Waals surface area contributed by atoms with Crippen LogP contribution in [-0.4, -0.2) is 25.4 Å². The number of rotatable bonds is 5. The molecule has 0 spiro atoms. The lowest BCUT2D eigenvalue weighted by Crippen LogP contribution is -2.23. The number of hydrogen-bond donors (Lipinski definition) is 1. The Labute approximate surface area is 198 Å². The summed E-state index contributed by atoms with van der Waals surface area (Å²) in [5, 5.41) is 4.01. The van der Waals surface area contributed by atoms with E-state index < -0.39 is 0 Å². The smallest absolute Gasteiger partial charge is 0.251 e. The summed E-state index contributed by atoms with van der Waals surface area (Å²) in [5.41, 5.74) is 8.14. The number of benzene rings is 2. The highest BCUT2D eigenvalue weighted by Crippen LogP contribution is 2.32. The van der Waals surface area contributed by atoms with Crippen LogP contribution in [0.1, 0.15) is 32.9 Å². The van der Waals surface area contributed by atoms with E-state index in [1.807, 2.05) is 50.5 Å². The number of pyridine rings is 1. The summed E-state index contributed by atoms with van der Waals surface area (Å²) in [5.74, 6) is -0.172. The number of fused-ring (bicyclic) bond motifs is 1. The van der Waals surface area contributed by atoms with Crippen molar-refractivity contribution < 1.29 is 4.79 Å². The second kappa shape index (κ2) is 8.90. The SMILES string of the molecule is Cc1ccc(-n2ccc3c(-c4ccc(C)cn4)cc(C(=O)NCc4cnc(C)cn4)cc32)cc1. The maximum Gasteiger partial charge on any atom is 0.251 e. The summed E-state index contributed by atoms with van der Waals surface area (Å²) < 4.78 is 2.11. The molecule has 2 aromatic carbocycles. The number of hydrogen-bond acceptors (Lipinski definition) is 4. The summed E-state index contributed by atoms with van der Waals surface area (Å²) in [6.07, 6.45) is 7.27. The Bertz CT molecular complexity index is 1470. The lowest BCUT2D eigenvalue weighted by atomic mass is 10.0. The highest BCUT2D eigenvalue weighted by molar-refractivity contribution is 6.04. The molecule has 34 heavy (non-hydrogen) atoms. The third-order valence-electron chi connectivity index (χ3n) is 5.83. The van der Waals surface area contributed by atoms with Crippen LogP contribution in [-0.2, 0) is 6.54 Å². The summed E-state index contributed by atoms with van der Waals surface area (Å²) in [6, 6.07) is 18.3. The second-order valence-corrected chi connectivity index (χ2v) is 8.53. The van der Waals surface area contributed by atoms with E-state index in [2.05, 4.69) is 62.1 Å². The molecule has 0 saturated heterocycles. The van der Waals surface area contributed by atoms with E-state index in [1.54, 1.807) is 12.4 Å². The van der Waals surface area contributed by atoms with Gasteiger partial charge in [0.15, 0.2) is 0 Å². The summed E-state index contributed by atoms with van der Waals surface area (Å²) in [4.78, 5) is 26.4. The Hall–Kier alpha value is -4.32. The first kappa shape index (κ1) is 21.5. The molecule has 5 aromatic rings. The Balaban J connectivity index is 1.58. The molecule has 1 amide bonds. The second-order valence-electron chi connectivity index (χ2n) is 8.53. The van der Waals surface area contributed by atoms with Crippen LogP contribution in [0.4, 0.5) is 0 Å². The normalized spacial score (nSPS) is 11.0. The van der Waals surface area contributed by atoms with Crippen molar-refractivity contribution in [1.29, 1.82) is 0 Å². The third kappa shape index (κ3) is 4.30. The van der Waals surface area contributed by atoms with Crippen LogP contribution in [0.2, 0.25) is 0 Å². The van der Waals surface area contributed by atoms with Gasteiger partial charge in [0.2, 0.25) is 0 Å². The lowest BCUT2D eigenvalue weighted by molar-refractivity contribution is 0.0950. The molecule has 168 valence electrons. The predicted octanol–water partition coefficient (Wildman–Crippen LogP) is 5.34. The number of carbonyl (C=O) groups is 1. The number of aryl methyl sites for hydroxylation is 3. The summed E-state index contributed by atoms with van der Waals surface area (Å²) in [7, 11) is 0. The van der Waals surface area contributed by atoms with Gasteiger partial charge in [0.1, 0.15) is 0 Å². The first-order chi connectivity index (χ1) is 16.5. The number of amides is 1. The standard InChI is InChI=1S/C28H25N5O/c1-18-4-7-23(8-5-18)33-11-10-24-25(26-9-6-19(2)14-31-26)12-21(13-27(24)33)28(34)32-17-22-16-29-20(3)15-30-22/h4-16H,17H2,1-3H3,(H,32,34). The Kier molecular flexibility index (Phi) is 5.64. The largest absolute Gasteiger partial charge is 0.346 e. The van der Waals surface area contributed by atoms with Gasteiger partial charge >= 0.3 is 0 Å². The Morgan fingerprint density at radius 1 is 0.853 bits per heavy atom. The molecule has 0 unspecified atom stereocenters. The molecule has 1 N–H and O–H groups in total. The highest BCUT2D eigenvalue weighted by Gasteiger charge is 2.16. The van der Waals surface area contributed by atoms with E-state index in [0.717, 1.165) is 39.1 Å². The molecule has 0 fully saturated rings. The minimum absolute atomic E-state index is 0.172. The van der Waals surface area contributed by atoms with Crippen LogP contribution in [0, 0.1) is 20.8 Å². The first-order valence-electron chi connectivity index (χ1n) is 11.2. The van der Waals surface area contributed by atoms with E-state index in [0.29, 0.717) is 17.8 Å². The zero-order valence-corrected chi connectivity index (χ0v) is 19.4. The predicted molar refractivity (Wildman–Crippen MR) is 134 cm³/mol. The number of aromatic nitrogens is 4. The van der Waals surface area contributed by atoms with Crippen LogP contribution < -0.4 is 5.32 Å². The minimum Gasteiger partial charge on any atom is -0.346 e. The van der Waals surface area contributed by atoms with Crippen molar-refractivity contribution in [2.24, 2.45) is 0 Å². The van der Waals surface area contributed by atoms with Crippen LogP contribution in [0.25, 0.3) is 27.8 Å². The molecule has 0 aliphatic heterocycles. The lowest BCUT2D eigenvalue weighted by Gasteiger charge is -2.12. The minimum atomic E-state index is -0.172. The Morgan fingerprint density at radius 2 is 1.65 bits per heavy atom. The average Bonchev–Trinajstić information content (AvgIpc) is 3.28. The topological polar surface area (TPSA) is 72.7 Å². The molecule has 0 aliphatic carbocycles. The maximum absolute atomic E-state index is 13.2. The van der Waals surface area contributed by atoms with Gasteiger partial charge in [0, 0.05) is 40.8 Å². The molecule has 6 nitrogen and oxygen atoms in total. The van der Waals surface area contributed by atoms with E-state index in [1.165, 1.54) is 5.56 Å². The van der Waals surface area contributed by atoms with E-state index >= 15 is 0 Å². The van der Waals surface area contributed by atoms with Gasteiger partial charge in [-0.1, -0.05) is 23.8 Å². The maximum atomic E-state index is 13.2. The zero-order chi connectivity index (χ0) is 23.7. The Morgan fingerprint density at radius 3 is 2.35 bits per heavy atom. The molecule has 0 aliphatic rings. The molecule has 6 heteroatoms. The van der Waals surface area contributed by atoms with Crippen LogP contribution in [0.5, 0.6) is 0 Å².